The average Bonchev–Trinajstić information content (AvgIpc) is 3.46. The van der Waals surface area contributed by atoms with Gasteiger partial charge in [-0.1, -0.05) is 12.1 Å². The van der Waals surface area contributed by atoms with Crippen molar-refractivity contribution >= 4 is 17.6 Å². The molecule has 136 valence electrons. The van der Waals surface area contributed by atoms with Crippen molar-refractivity contribution in [2.24, 2.45) is 17.6 Å². The van der Waals surface area contributed by atoms with E-state index < -0.39 is 5.82 Å². The summed E-state index contributed by atoms with van der Waals surface area (Å²) < 4.78 is 13.7. The van der Waals surface area contributed by atoms with Crippen molar-refractivity contribution in [1.29, 1.82) is 0 Å². The number of hydrogen-bond donors (Lipinski definition) is 3. The number of piperidine rings is 1. The van der Waals surface area contributed by atoms with Crippen LogP contribution in [0.3, 0.4) is 0 Å². The lowest BCUT2D eigenvalue weighted by Crippen LogP contribution is -2.48. The number of amides is 3. The van der Waals surface area contributed by atoms with Gasteiger partial charge in [-0.05, 0) is 43.7 Å². The molecule has 1 saturated carbocycles. The molecule has 6 nitrogen and oxygen atoms in total. The number of nitrogens with one attached hydrogen (secondary N) is 2. The molecule has 4 N–H and O–H groups in total. The van der Waals surface area contributed by atoms with E-state index in [-0.39, 0.29) is 29.6 Å². The van der Waals surface area contributed by atoms with Crippen LogP contribution in [-0.4, -0.2) is 42.5 Å². The Hall–Kier alpha value is -2.15. The molecule has 2 fully saturated rings. The Morgan fingerprint density at radius 1 is 1.28 bits per heavy atom. The van der Waals surface area contributed by atoms with Crippen molar-refractivity contribution < 1.29 is 14.0 Å². The Kier molecular flexibility index (Phi) is 5.53. The van der Waals surface area contributed by atoms with Crippen LogP contribution in [0.15, 0.2) is 24.3 Å². The van der Waals surface area contributed by atoms with Crippen molar-refractivity contribution in [3.05, 3.63) is 30.1 Å². The van der Waals surface area contributed by atoms with Crippen LogP contribution in [0.2, 0.25) is 0 Å². The lowest BCUT2D eigenvalue weighted by Gasteiger charge is -2.32. The number of para-hydroxylation sites is 1. The Balaban J connectivity index is 1.50. The van der Waals surface area contributed by atoms with E-state index >= 15 is 0 Å². The molecule has 1 aromatic carbocycles. The molecule has 1 aliphatic carbocycles. The molecule has 0 bridgehead atoms. The van der Waals surface area contributed by atoms with Gasteiger partial charge in [0, 0.05) is 25.7 Å². The van der Waals surface area contributed by atoms with E-state index in [0.717, 1.165) is 25.7 Å². The minimum Gasteiger partial charge on any atom is -0.354 e. The fraction of sp³-hybridized carbons (Fsp3) is 0.556. The molecule has 2 atom stereocenters. The van der Waals surface area contributed by atoms with Gasteiger partial charge in [-0.2, -0.15) is 0 Å². The minimum atomic E-state index is -0.476. The highest BCUT2D eigenvalue weighted by Gasteiger charge is 2.31. The molecule has 0 radical (unpaired) electrons. The molecule has 1 aromatic rings. The van der Waals surface area contributed by atoms with Crippen LogP contribution in [-0.2, 0) is 4.79 Å². The van der Waals surface area contributed by atoms with Crippen LogP contribution < -0.4 is 16.4 Å². The number of benzene rings is 1. The van der Waals surface area contributed by atoms with Gasteiger partial charge >= 0.3 is 6.03 Å². The van der Waals surface area contributed by atoms with Crippen molar-refractivity contribution in [2.45, 2.75) is 31.7 Å². The largest absolute Gasteiger partial charge is 0.354 e. The van der Waals surface area contributed by atoms with Crippen LogP contribution in [0.4, 0.5) is 14.9 Å². The first kappa shape index (κ1) is 17.7. The molecule has 0 spiro atoms. The van der Waals surface area contributed by atoms with Crippen LogP contribution in [0.25, 0.3) is 0 Å². The maximum atomic E-state index is 13.7. The van der Waals surface area contributed by atoms with Crippen molar-refractivity contribution in [3.8, 4) is 0 Å². The fourth-order valence-electron chi connectivity index (χ4n) is 3.19. The summed E-state index contributed by atoms with van der Waals surface area (Å²) in [6.45, 7) is 1.39. The lowest BCUT2D eigenvalue weighted by molar-refractivity contribution is -0.126. The quantitative estimate of drug-likeness (QED) is 0.760. The maximum Gasteiger partial charge on any atom is 0.321 e. The molecule has 2 unspecified atom stereocenters. The highest BCUT2D eigenvalue weighted by atomic mass is 19.1. The van der Waals surface area contributed by atoms with Crippen LogP contribution in [0, 0.1) is 17.7 Å². The second-order valence-corrected chi connectivity index (χ2v) is 6.94. The second kappa shape index (κ2) is 7.82. The third-order valence-corrected chi connectivity index (χ3v) is 4.93. The zero-order valence-electron chi connectivity index (χ0n) is 14.2. The molecule has 2 aliphatic rings. The molecule has 1 saturated heterocycles. The summed E-state index contributed by atoms with van der Waals surface area (Å²) in [5.74, 6) is -0.239. The molecule has 25 heavy (non-hydrogen) atoms. The summed E-state index contributed by atoms with van der Waals surface area (Å²) in [6.07, 6.45) is 3.78. The van der Waals surface area contributed by atoms with E-state index in [1.54, 1.807) is 17.0 Å². The van der Waals surface area contributed by atoms with E-state index in [9.17, 15) is 14.0 Å². The average molecular weight is 348 g/mol. The first-order valence-corrected chi connectivity index (χ1v) is 8.88. The fourth-order valence-corrected chi connectivity index (χ4v) is 3.19. The number of hydrogen-bond acceptors (Lipinski definition) is 3. The summed E-state index contributed by atoms with van der Waals surface area (Å²) in [5, 5.41) is 5.48. The van der Waals surface area contributed by atoms with Crippen molar-refractivity contribution in [3.63, 3.8) is 0 Å². The standard InChI is InChI=1S/C18H25FN4O2/c19-14-5-1-2-6-16(14)22-18(25)23-9-3-4-13(11-23)17(24)21-10-15(20)12-7-8-12/h1-2,5-6,12-13,15H,3-4,7-11,20H2,(H,21,24)(H,22,25). The predicted octanol–water partition coefficient (Wildman–Crippen LogP) is 1.92. The summed E-state index contributed by atoms with van der Waals surface area (Å²) in [5.41, 5.74) is 6.16. The Labute approximate surface area is 146 Å². The van der Waals surface area contributed by atoms with E-state index in [4.69, 9.17) is 5.73 Å². The second-order valence-electron chi connectivity index (χ2n) is 6.94. The Bertz CT molecular complexity index is 635. The van der Waals surface area contributed by atoms with Gasteiger partial charge in [0.05, 0.1) is 11.6 Å². The van der Waals surface area contributed by atoms with Gasteiger partial charge in [0.1, 0.15) is 5.82 Å². The molecular formula is C18H25FN4O2. The monoisotopic (exact) mass is 348 g/mol. The first-order valence-electron chi connectivity index (χ1n) is 8.88. The number of nitrogens with two attached hydrogens (primary N) is 1. The van der Waals surface area contributed by atoms with Crippen molar-refractivity contribution in [1.82, 2.24) is 10.2 Å². The van der Waals surface area contributed by atoms with Gasteiger partial charge in [-0.15, -0.1) is 0 Å². The summed E-state index contributed by atoms with van der Waals surface area (Å²) in [4.78, 5) is 26.3. The van der Waals surface area contributed by atoms with E-state index in [2.05, 4.69) is 10.6 Å². The van der Waals surface area contributed by atoms with Gasteiger partial charge in [-0.25, -0.2) is 9.18 Å². The zero-order chi connectivity index (χ0) is 17.8. The molecule has 1 aliphatic heterocycles. The first-order chi connectivity index (χ1) is 12.0. The normalized spacial score (nSPS) is 21.5. The lowest BCUT2D eigenvalue weighted by atomic mass is 9.97. The van der Waals surface area contributed by atoms with Gasteiger partial charge in [0.25, 0.3) is 0 Å². The molecule has 0 aromatic heterocycles. The number of urea groups is 1. The predicted molar refractivity (Wildman–Crippen MR) is 93.4 cm³/mol. The van der Waals surface area contributed by atoms with Crippen LogP contribution in [0.5, 0.6) is 0 Å². The van der Waals surface area contributed by atoms with E-state index in [0.29, 0.717) is 25.6 Å². The maximum absolute atomic E-state index is 13.7. The third-order valence-electron chi connectivity index (χ3n) is 4.93. The Morgan fingerprint density at radius 2 is 2.04 bits per heavy atom. The van der Waals surface area contributed by atoms with Crippen LogP contribution in [0.1, 0.15) is 25.7 Å². The van der Waals surface area contributed by atoms with Gasteiger partial charge in [0.15, 0.2) is 0 Å². The number of nitrogens with zero attached hydrogens (tertiary/aromatic N) is 1. The van der Waals surface area contributed by atoms with Gasteiger partial charge < -0.3 is 21.3 Å². The molecule has 7 heteroatoms. The number of carbonyl (C=O) groups is 2. The molecule has 3 rings (SSSR count). The van der Waals surface area contributed by atoms with Crippen LogP contribution >= 0.6 is 0 Å². The SMILES string of the molecule is NC(CNC(=O)C1CCCN(C(=O)Nc2ccccc2F)C1)C1CC1. The summed E-state index contributed by atoms with van der Waals surface area (Å²) >= 11 is 0. The summed E-state index contributed by atoms with van der Waals surface area (Å²) in [6, 6.07) is 5.68. The number of anilines is 1. The highest BCUT2D eigenvalue weighted by Crippen LogP contribution is 2.31. The third kappa shape index (κ3) is 4.69. The Morgan fingerprint density at radius 3 is 2.76 bits per heavy atom. The zero-order valence-corrected chi connectivity index (χ0v) is 14.2. The van der Waals surface area contributed by atoms with E-state index in [1.165, 1.54) is 12.1 Å². The van der Waals surface area contributed by atoms with Gasteiger partial charge in [0.2, 0.25) is 5.91 Å². The number of carbonyl (C=O) groups excluding carboxylic acids is 2. The van der Waals surface area contributed by atoms with Gasteiger partial charge in [-0.3, -0.25) is 4.79 Å². The minimum absolute atomic E-state index is 0.0213. The number of halogens is 1. The van der Waals surface area contributed by atoms with Crippen molar-refractivity contribution in [2.75, 3.05) is 25.0 Å². The smallest absolute Gasteiger partial charge is 0.321 e. The molecular weight excluding hydrogens is 323 g/mol. The number of likely N-dealkylation sites (tertiary alicyclic amines) is 1. The highest BCUT2D eigenvalue weighted by molar-refractivity contribution is 5.90. The van der Waals surface area contributed by atoms with E-state index in [1.807, 2.05) is 0 Å². The molecule has 3 amide bonds. The molecule has 1 heterocycles. The number of rotatable bonds is 5. The topological polar surface area (TPSA) is 87.5 Å². The summed E-state index contributed by atoms with van der Waals surface area (Å²) in [7, 11) is 0.